The van der Waals surface area contributed by atoms with Gasteiger partial charge in [-0.1, -0.05) is 30.3 Å². The van der Waals surface area contributed by atoms with Gasteiger partial charge in [0.15, 0.2) is 0 Å². The van der Waals surface area contributed by atoms with Crippen LogP contribution in [0.3, 0.4) is 0 Å². The molecule has 0 fully saturated rings. The predicted octanol–water partition coefficient (Wildman–Crippen LogP) is 3.78. The number of pyridine rings is 1. The van der Waals surface area contributed by atoms with Crippen molar-refractivity contribution in [3.8, 4) is 0 Å². The SMILES string of the molecule is C[C@@H](C(=O)Nc1cnc2ccccc2c1)n1cnc2ccccc21. The Morgan fingerprint density at radius 2 is 1.79 bits per heavy atom. The van der Waals surface area contributed by atoms with Gasteiger partial charge in [0.2, 0.25) is 5.91 Å². The standard InChI is InChI=1S/C19H16N4O/c1-13(23-12-21-17-8-4-5-9-18(17)23)19(24)22-15-10-14-6-2-3-7-16(14)20-11-15/h2-13H,1H3,(H,22,24)/t13-/m0/s1. The largest absolute Gasteiger partial charge is 0.323 e. The molecule has 0 saturated carbocycles. The van der Waals surface area contributed by atoms with Crippen LogP contribution < -0.4 is 5.32 Å². The van der Waals surface area contributed by atoms with Crippen LogP contribution in [-0.4, -0.2) is 20.4 Å². The first kappa shape index (κ1) is 14.4. The molecule has 24 heavy (non-hydrogen) atoms. The third-order valence-corrected chi connectivity index (χ3v) is 4.14. The summed E-state index contributed by atoms with van der Waals surface area (Å²) >= 11 is 0. The molecule has 0 aliphatic carbocycles. The monoisotopic (exact) mass is 316 g/mol. The van der Waals surface area contributed by atoms with Crippen LogP contribution in [0, 0.1) is 0 Å². The fraction of sp³-hybridized carbons (Fsp3) is 0.105. The molecule has 1 N–H and O–H groups in total. The first-order valence-electron chi connectivity index (χ1n) is 7.79. The van der Waals surface area contributed by atoms with Gasteiger partial charge < -0.3 is 9.88 Å². The number of anilines is 1. The topological polar surface area (TPSA) is 59.8 Å². The molecule has 118 valence electrons. The summed E-state index contributed by atoms with van der Waals surface area (Å²) in [5.74, 6) is -0.102. The first-order chi connectivity index (χ1) is 11.7. The number of rotatable bonds is 3. The number of nitrogens with one attached hydrogen (secondary N) is 1. The molecule has 4 rings (SSSR count). The number of hydrogen-bond acceptors (Lipinski definition) is 3. The van der Waals surface area contributed by atoms with Gasteiger partial charge in [0.25, 0.3) is 0 Å². The Labute approximate surface area is 139 Å². The zero-order valence-corrected chi connectivity index (χ0v) is 13.2. The fourth-order valence-electron chi connectivity index (χ4n) is 2.80. The van der Waals surface area contributed by atoms with E-state index >= 15 is 0 Å². The Morgan fingerprint density at radius 1 is 1.04 bits per heavy atom. The third kappa shape index (κ3) is 2.50. The van der Waals surface area contributed by atoms with Crippen molar-refractivity contribution < 1.29 is 4.79 Å². The van der Waals surface area contributed by atoms with E-state index in [4.69, 9.17) is 0 Å². The van der Waals surface area contributed by atoms with Crippen LogP contribution in [0.2, 0.25) is 0 Å². The molecule has 0 spiro atoms. The number of carbonyl (C=O) groups is 1. The molecule has 0 bridgehead atoms. The van der Waals surface area contributed by atoms with E-state index in [1.165, 1.54) is 0 Å². The second kappa shape index (κ2) is 5.77. The van der Waals surface area contributed by atoms with Gasteiger partial charge in [-0.3, -0.25) is 9.78 Å². The summed E-state index contributed by atoms with van der Waals surface area (Å²) < 4.78 is 1.87. The molecule has 5 nitrogen and oxygen atoms in total. The maximum Gasteiger partial charge on any atom is 0.247 e. The number of imidazole rings is 1. The molecule has 2 aromatic heterocycles. The molecule has 0 aliphatic heterocycles. The van der Waals surface area contributed by atoms with Crippen molar-refractivity contribution in [2.75, 3.05) is 5.32 Å². The summed E-state index contributed by atoms with van der Waals surface area (Å²) in [6, 6.07) is 17.2. The Balaban J connectivity index is 1.60. The zero-order valence-electron chi connectivity index (χ0n) is 13.2. The number of aromatic nitrogens is 3. The van der Waals surface area contributed by atoms with Gasteiger partial charge >= 0.3 is 0 Å². The van der Waals surface area contributed by atoms with E-state index in [9.17, 15) is 4.79 Å². The summed E-state index contributed by atoms with van der Waals surface area (Å²) in [6.07, 6.45) is 3.38. The Kier molecular flexibility index (Phi) is 3.46. The highest BCUT2D eigenvalue weighted by Crippen LogP contribution is 2.20. The molecule has 2 heterocycles. The van der Waals surface area contributed by atoms with Crippen LogP contribution >= 0.6 is 0 Å². The van der Waals surface area contributed by atoms with E-state index in [1.54, 1.807) is 12.5 Å². The number of amides is 1. The normalized spacial score (nSPS) is 12.4. The third-order valence-electron chi connectivity index (χ3n) is 4.14. The van der Waals surface area contributed by atoms with Crippen LogP contribution in [-0.2, 0) is 4.79 Å². The first-order valence-corrected chi connectivity index (χ1v) is 7.79. The number of para-hydroxylation sites is 3. The molecule has 0 radical (unpaired) electrons. The summed E-state index contributed by atoms with van der Waals surface area (Å²) in [5, 5.41) is 3.93. The lowest BCUT2D eigenvalue weighted by Crippen LogP contribution is -2.23. The second-order valence-corrected chi connectivity index (χ2v) is 5.72. The minimum absolute atomic E-state index is 0.102. The molecule has 2 aromatic carbocycles. The van der Waals surface area contributed by atoms with E-state index in [-0.39, 0.29) is 11.9 Å². The Morgan fingerprint density at radius 3 is 2.67 bits per heavy atom. The molecular weight excluding hydrogens is 300 g/mol. The van der Waals surface area contributed by atoms with Crippen LogP contribution in [0.15, 0.2) is 67.1 Å². The molecule has 1 amide bonds. The van der Waals surface area contributed by atoms with Crippen molar-refractivity contribution in [2.24, 2.45) is 0 Å². The van der Waals surface area contributed by atoms with Gasteiger partial charge in [-0.2, -0.15) is 0 Å². The Hall–Kier alpha value is -3.21. The van der Waals surface area contributed by atoms with E-state index in [1.807, 2.05) is 66.1 Å². The lowest BCUT2D eigenvalue weighted by Gasteiger charge is -2.14. The van der Waals surface area contributed by atoms with Gasteiger partial charge in [0.05, 0.1) is 34.8 Å². The average Bonchev–Trinajstić information content (AvgIpc) is 3.05. The van der Waals surface area contributed by atoms with Crippen molar-refractivity contribution in [3.05, 3.63) is 67.1 Å². The van der Waals surface area contributed by atoms with Gasteiger partial charge in [-0.25, -0.2) is 4.98 Å². The van der Waals surface area contributed by atoms with Gasteiger partial charge in [0.1, 0.15) is 6.04 Å². The number of hydrogen-bond donors (Lipinski definition) is 1. The smallest absolute Gasteiger partial charge is 0.247 e. The molecule has 5 heteroatoms. The predicted molar refractivity (Wildman–Crippen MR) is 94.8 cm³/mol. The quantitative estimate of drug-likeness (QED) is 0.625. The molecule has 4 aromatic rings. The number of carbonyl (C=O) groups excluding carboxylic acids is 1. The molecule has 1 atom stereocenters. The van der Waals surface area contributed by atoms with Crippen LogP contribution in [0.5, 0.6) is 0 Å². The van der Waals surface area contributed by atoms with Crippen molar-refractivity contribution in [1.29, 1.82) is 0 Å². The number of fused-ring (bicyclic) bond motifs is 2. The van der Waals surface area contributed by atoms with Gasteiger partial charge in [-0.15, -0.1) is 0 Å². The zero-order chi connectivity index (χ0) is 16.5. The van der Waals surface area contributed by atoms with Crippen molar-refractivity contribution in [1.82, 2.24) is 14.5 Å². The molecule has 0 saturated heterocycles. The van der Waals surface area contributed by atoms with Crippen molar-refractivity contribution in [2.45, 2.75) is 13.0 Å². The van der Waals surface area contributed by atoms with Crippen molar-refractivity contribution in [3.63, 3.8) is 0 Å². The minimum atomic E-state index is -0.371. The number of benzene rings is 2. The Bertz CT molecular complexity index is 1040. The maximum atomic E-state index is 12.6. The van der Waals surface area contributed by atoms with E-state index < -0.39 is 0 Å². The van der Waals surface area contributed by atoms with E-state index in [0.29, 0.717) is 5.69 Å². The highest BCUT2D eigenvalue weighted by Gasteiger charge is 2.17. The highest BCUT2D eigenvalue weighted by atomic mass is 16.2. The van der Waals surface area contributed by atoms with E-state index in [2.05, 4.69) is 15.3 Å². The highest BCUT2D eigenvalue weighted by molar-refractivity contribution is 5.96. The summed E-state index contributed by atoms with van der Waals surface area (Å²) in [5.41, 5.74) is 3.42. The maximum absolute atomic E-state index is 12.6. The second-order valence-electron chi connectivity index (χ2n) is 5.72. The summed E-state index contributed by atoms with van der Waals surface area (Å²) in [6.45, 7) is 1.86. The molecular formula is C19H16N4O. The minimum Gasteiger partial charge on any atom is -0.323 e. The van der Waals surface area contributed by atoms with Crippen molar-refractivity contribution >= 4 is 33.5 Å². The molecule has 0 unspecified atom stereocenters. The van der Waals surface area contributed by atoms with Gasteiger partial charge in [0, 0.05) is 5.39 Å². The van der Waals surface area contributed by atoms with E-state index in [0.717, 1.165) is 21.9 Å². The lowest BCUT2D eigenvalue weighted by molar-refractivity contribution is -0.118. The van der Waals surface area contributed by atoms with Gasteiger partial charge in [-0.05, 0) is 31.2 Å². The van der Waals surface area contributed by atoms with Crippen LogP contribution in [0.1, 0.15) is 13.0 Å². The molecule has 0 aliphatic rings. The lowest BCUT2D eigenvalue weighted by atomic mass is 10.2. The fourth-order valence-corrected chi connectivity index (χ4v) is 2.80. The summed E-state index contributed by atoms with van der Waals surface area (Å²) in [4.78, 5) is 21.3. The number of nitrogens with zero attached hydrogens (tertiary/aromatic N) is 3. The summed E-state index contributed by atoms with van der Waals surface area (Å²) in [7, 11) is 0. The van der Waals surface area contributed by atoms with Crippen LogP contribution in [0.25, 0.3) is 21.9 Å². The average molecular weight is 316 g/mol. The van der Waals surface area contributed by atoms with Crippen LogP contribution in [0.4, 0.5) is 5.69 Å².